The van der Waals surface area contributed by atoms with Crippen molar-refractivity contribution >= 4 is 0 Å². The molecule has 9 aromatic rings. The first-order valence-electron chi connectivity index (χ1n) is 18.9. The highest BCUT2D eigenvalue weighted by Gasteiger charge is 2.51. The van der Waals surface area contributed by atoms with Gasteiger partial charge in [-0.1, -0.05) is 158 Å². The highest BCUT2D eigenvalue weighted by molar-refractivity contribution is 5.90. The van der Waals surface area contributed by atoms with Crippen molar-refractivity contribution in [3.05, 3.63) is 223 Å². The van der Waals surface area contributed by atoms with Crippen molar-refractivity contribution in [3.63, 3.8) is 0 Å². The van der Waals surface area contributed by atoms with Crippen molar-refractivity contribution in [2.24, 2.45) is 0 Å². The van der Waals surface area contributed by atoms with E-state index in [2.05, 4.69) is 174 Å². The van der Waals surface area contributed by atoms with Gasteiger partial charge in [-0.05, 0) is 75.3 Å². The molecule has 0 saturated carbocycles. The van der Waals surface area contributed by atoms with Gasteiger partial charge in [-0.2, -0.15) is 0 Å². The molecule has 0 unspecified atom stereocenters. The summed E-state index contributed by atoms with van der Waals surface area (Å²) in [7, 11) is 0. The lowest BCUT2D eigenvalue weighted by Crippen LogP contribution is -2.32. The monoisotopic (exact) mass is 715 g/mol. The fraction of sp³-hybridized carbons (Fsp3) is 0.0192. The first kappa shape index (κ1) is 32.0. The largest absolute Gasteiger partial charge is 0.457 e. The second kappa shape index (κ2) is 12.9. The van der Waals surface area contributed by atoms with Gasteiger partial charge in [-0.3, -0.25) is 4.98 Å². The molecule has 4 heteroatoms. The minimum atomic E-state index is -0.491. The predicted molar refractivity (Wildman–Crippen MR) is 224 cm³/mol. The van der Waals surface area contributed by atoms with Gasteiger partial charge in [0.15, 0.2) is 0 Å². The van der Waals surface area contributed by atoms with E-state index in [9.17, 15) is 0 Å². The summed E-state index contributed by atoms with van der Waals surface area (Å²) in [4.78, 5) is 4.70. The molecule has 11 rings (SSSR count). The topological polar surface area (TPSA) is 47.9 Å². The zero-order valence-electron chi connectivity index (χ0n) is 30.3. The summed E-state index contributed by atoms with van der Waals surface area (Å²) >= 11 is 0. The predicted octanol–water partition coefficient (Wildman–Crippen LogP) is 12.7. The summed E-state index contributed by atoms with van der Waals surface area (Å²) in [5.41, 5.74) is 17.2. The van der Waals surface area contributed by atoms with Crippen molar-refractivity contribution in [2.45, 2.75) is 5.41 Å². The molecule has 2 aliphatic rings. The second-order valence-corrected chi connectivity index (χ2v) is 14.4. The molecular formula is C52H33N3O. The molecule has 0 radical (unpaired) electrons. The van der Waals surface area contributed by atoms with E-state index < -0.39 is 5.41 Å². The van der Waals surface area contributed by atoms with Gasteiger partial charge in [0.1, 0.15) is 11.5 Å². The molecule has 0 atom stereocenters. The number of rotatable bonds is 5. The van der Waals surface area contributed by atoms with Gasteiger partial charge in [0.25, 0.3) is 0 Å². The Morgan fingerprint density at radius 1 is 0.339 bits per heavy atom. The smallest absolute Gasteiger partial charge is 0.132 e. The van der Waals surface area contributed by atoms with Crippen LogP contribution in [0.1, 0.15) is 22.3 Å². The van der Waals surface area contributed by atoms with Crippen LogP contribution in [0.2, 0.25) is 0 Å². The Kier molecular flexibility index (Phi) is 7.36. The van der Waals surface area contributed by atoms with Crippen LogP contribution in [0.4, 0.5) is 0 Å². The Hall–Kier alpha value is -7.43. The van der Waals surface area contributed by atoms with E-state index >= 15 is 0 Å². The number of benzene rings is 7. The van der Waals surface area contributed by atoms with Gasteiger partial charge < -0.3 is 4.74 Å². The van der Waals surface area contributed by atoms with Gasteiger partial charge in [0, 0.05) is 39.6 Å². The molecule has 3 heterocycles. The first-order valence-corrected chi connectivity index (χ1v) is 18.9. The van der Waals surface area contributed by atoms with Crippen molar-refractivity contribution in [1.82, 2.24) is 15.2 Å². The number of para-hydroxylation sites is 2. The van der Waals surface area contributed by atoms with Crippen LogP contribution in [-0.4, -0.2) is 15.2 Å². The van der Waals surface area contributed by atoms with Crippen LogP contribution in [0, 0.1) is 0 Å². The van der Waals surface area contributed by atoms with Gasteiger partial charge in [0.2, 0.25) is 0 Å². The normalized spacial score (nSPS) is 12.9. The van der Waals surface area contributed by atoms with E-state index in [1.165, 1.54) is 33.4 Å². The summed E-state index contributed by atoms with van der Waals surface area (Å²) in [6, 6.07) is 68.4. The maximum atomic E-state index is 6.52. The zero-order chi connectivity index (χ0) is 37.1. The minimum Gasteiger partial charge on any atom is -0.457 e. The number of nitrogens with zero attached hydrogens (tertiary/aromatic N) is 3. The molecule has 262 valence electrons. The molecule has 0 saturated heterocycles. The molecule has 0 fully saturated rings. The van der Waals surface area contributed by atoms with Gasteiger partial charge >= 0.3 is 0 Å². The van der Waals surface area contributed by atoms with E-state index in [1.54, 1.807) is 0 Å². The molecule has 7 aromatic carbocycles. The Balaban J connectivity index is 0.902. The van der Waals surface area contributed by atoms with Crippen LogP contribution in [0.15, 0.2) is 200 Å². The number of fused-ring (bicyclic) bond motifs is 9. The van der Waals surface area contributed by atoms with Crippen LogP contribution in [0.3, 0.4) is 0 Å². The standard InChI is InChI=1S/C52H33N3O/c1-2-11-38(12-3-1)51-40(14-10-32-53-51)35-22-26-37(27-23-35)48-31-30-47(54-55-48)36-24-20-34(21-25-36)39-28-29-42-41-13-4-5-15-43(41)52(46(42)33-39)44-16-6-8-18-49(44)56-50-19-9-7-17-45(50)52/h1-33H. The summed E-state index contributed by atoms with van der Waals surface area (Å²) < 4.78 is 6.52. The third-order valence-electron chi connectivity index (χ3n) is 11.4. The second-order valence-electron chi connectivity index (χ2n) is 14.4. The Labute approximate surface area is 325 Å². The molecule has 1 aliphatic heterocycles. The molecule has 1 aliphatic carbocycles. The number of hydrogen-bond acceptors (Lipinski definition) is 4. The van der Waals surface area contributed by atoms with E-state index in [0.29, 0.717) is 0 Å². The number of aromatic nitrogens is 3. The lowest BCUT2D eigenvalue weighted by atomic mass is 9.66. The summed E-state index contributed by atoms with van der Waals surface area (Å²) in [5, 5.41) is 9.31. The third-order valence-corrected chi connectivity index (χ3v) is 11.4. The van der Waals surface area contributed by atoms with Crippen molar-refractivity contribution in [3.8, 4) is 78.7 Å². The lowest BCUT2D eigenvalue weighted by Gasteiger charge is -2.39. The van der Waals surface area contributed by atoms with Crippen LogP contribution in [0.5, 0.6) is 11.5 Å². The quantitative estimate of drug-likeness (QED) is 0.178. The highest BCUT2D eigenvalue weighted by atomic mass is 16.5. The fourth-order valence-corrected chi connectivity index (χ4v) is 8.79. The molecule has 2 aromatic heterocycles. The van der Waals surface area contributed by atoms with E-state index in [0.717, 1.165) is 67.5 Å². The van der Waals surface area contributed by atoms with Gasteiger partial charge in [0.05, 0.1) is 22.5 Å². The van der Waals surface area contributed by atoms with Crippen molar-refractivity contribution in [2.75, 3.05) is 0 Å². The van der Waals surface area contributed by atoms with Crippen molar-refractivity contribution < 1.29 is 4.74 Å². The molecule has 0 amide bonds. The van der Waals surface area contributed by atoms with Crippen LogP contribution < -0.4 is 4.74 Å². The number of hydrogen-bond donors (Lipinski definition) is 0. The molecule has 1 spiro atoms. The van der Waals surface area contributed by atoms with Crippen molar-refractivity contribution in [1.29, 1.82) is 0 Å². The van der Waals surface area contributed by atoms with Gasteiger partial charge in [-0.15, -0.1) is 10.2 Å². The van der Waals surface area contributed by atoms with Crippen LogP contribution in [-0.2, 0) is 5.41 Å². The SMILES string of the molecule is c1ccc(-c2ncccc2-c2ccc(-c3ccc(-c4ccc(-c5ccc6c(c5)C5(c7ccccc7Oc7ccccc75)c5ccccc5-6)cc4)nn3)cc2)cc1. The highest BCUT2D eigenvalue weighted by Crippen LogP contribution is 2.62. The fourth-order valence-electron chi connectivity index (χ4n) is 8.79. The van der Waals surface area contributed by atoms with E-state index in [-0.39, 0.29) is 0 Å². The Bertz CT molecular complexity index is 2870. The zero-order valence-corrected chi connectivity index (χ0v) is 30.3. The Morgan fingerprint density at radius 2 is 0.857 bits per heavy atom. The van der Waals surface area contributed by atoms with E-state index in [1.807, 2.05) is 36.5 Å². The van der Waals surface area contributed by atoms with E-state index in [4.69, 9.17) is 9.72 Å². The maximum absolute atomic E-state index is 6.52. The molecular weight excluding hydrogens is 683 g/mol. The van der Waals surface area contributed by atoms with Crippen LogP contribution in [0.25, 0.3) is 67.2 Å². The molecule has 56 heavy (non-hydrogen) atoms. The van der Waals surface area contributed by atoms with Crippen LogP contribution >= 0.6 is 0 Å². The summed E-state index contributed by atoms with van der Waals surface area (Å²) in [6.45, 7) is 0. The third kappa shape index (κ3) is 4.96. The number of pyridine rings is 1. The molecule has 4 nitrogen and oxygen atoms in total. The maximum Gasteiger partial charge on any atom is 0.132 e. The first-order chi connectivity index (χ1) is 27.8. The molecule has 0 N–H and O–H groups in total. The number of ether oxygens (including phenoxy) is 1. The van der Waals surface area contributed by atoms with Gasteiger partial charge in [-0.25, -0.2) is 0 Å². The minimum absolute atomic E-state index is 0.491. The molecule has 0 bridgehead atoms. The summed E-state index contributed by atoms with van der Waals surface area (Å²) in [5.74, 6) is 1.80. The average molecular weight is 716 g/mol. The Morgan fingerprint density at radius 3 is 1.52 bits per heavy atom. The summed E-state index contributed by atoms with van der Waals surface area (Å²) in [6.07, 6.45) is 1.85. The lowest BCUT2D eigenvalue weighted by molar-refractivity contribution is 0.436. The average Bonchev–Trinajstić information content (AvgIpc) is 3.57.